The van der Waals surface area contributed by atoms with Crippen molar-refractivity contribution in [3.05, 3.63) is 222 Å². The summed E-state index contributed by atoms with van der Waals surface area (Å²) >= 11 is 0. The Kier molecular flexibility index (Phi) is 13.0. The molecular formula is C64H53F2N4OPt-3. The van der Waals surface area contributed by atoms with E-state index in [1.54, 1.807) is 0 Å². The van der Waals surface area contributed by atoms with E-state index in [0.717, 1.165) is 97.1 Å². The number of rotatable bonds is 10. The zero-order valence-corrected chi connectivity index (χ0v) is 43.6. The molecule has 5 nitrogen and oxygen atoms in total. The van der Waals surface area contributed by atoms with Crippen molar-refractivity contribution in [3.63, 3.8) is 0 Å². The largest absolute Gasteiger partial charge is 0.509 e. The Hall–Kier alpha value is -7.34. The van der Waals surface area contributed by atoms with Gasteiger partial charge in [0.2, 0.25) is 0 Å². The van der Waals surface area contributed by atoms with E-state index < -0.39 is 11.6 Å². The van der Waals surface area contributed by atoms with Crippen LogP contribution in [0.25, 0.3) is 61.0 Å². The topological polar surface area (TPSA) is 33.5 Å². The average Bonchev–Trinajstić information content (AvgIpc) is 3.91. The number of aryl methyl sites for hydroxylation is 4. The predicted octanol–water partition coefficient (Wildman–Crippen LogP) is 17.3. The zero-order chi connectivity index (χ0) is 49.1. The molecule has 10 aromatic rings. The molecule has 0 aliphatic carbocycles. The summed E-state index contributed by atoms with van der Waals surface area (Å²) in [5.41, 5.74) is 16.2. The molecule has 72 heavy (non-hydrogen) atoms. The number of hydrogen-bond acceptors (Lipinski definition) is 4. The number of fused-ring (bicyclic) bond motifs is 4. The Labute approximate surface area is 435 Å². The second-order valence-corrected chi connectivity index (χ2v) is 19.5. The third-order valence-corrected chi connectivity index (χ3v) is 13.6. The van der Waals surface area contributed by atoms with Crippen molar-refractivity contribution < 1.29 is 34.6 Å². The molecule has 8 aromatic carbocycles. The second kappa shape index (κ2) is 19.3. The fourth-order valence-corrected chi connectivity index (χ4v) is 10.4. The summed E-state index contributed by atoms with van der Waals surface area (Å²) in [4.78, 5) is 9.18. The molecule has 0 amide bonds. The minimum absolute atomic E-state index is 0. The average molecular weight is 1130 g/mol. The standard InChI is InChI=1S/C64H53F2N4O.Pt/c1-8-42-16-14-17-43(9-2)62(42)46-33-50(37-52(34-46)71-51-24-25-56-55-18-10-11-21-57(55)70(60(56)38-51)61-35-47(26-27-67-61)64(5,6)7)68-39-69(59-23-13-12-22-58(59)68)63-53(44-29-40(3)28-41(4)30-44)19-15-20-54(63)45-31-48(65)36-49(66)32-45;/h10-36,39H,8-9H2,1-7H3;/q-3;. The Bertz CT molecular complexity index is 3570. The molecule has 0 N–H and O–H groups in total. The molecule has 3 heterocycles. The minimum atomic E-state index is -0.641. The van der Waals surface area contributed by atoms with Crippen molar-refractivity contribution in [1.82, 2.24) is 9.55 Å². The molecule has 2 aromatic heterocycles. The first kappa shape index (κ1) is 48.3. The van der Waals surface area contributed by atoms with Gasteiger partial charge in [0, 0.05) is 78.5 Å². The van der Waals surface area contributed by atoms with Gasteiger partial charge in [-0.2, -0.15) is 6.07 Å². The third kappa shape index (κ3) is 8.89. The number of aromatic nitrogens is 2. The number of ether oxygens (including phenoxy) is 1. The molecule has 0 atom stereocenters. The fourth-order valence-electron chi connectivity index (χ4n) is 10.4. The Balaban J connectivity index is 0.00000596. The molecule has 0 spiro atoms. The molecule has 362 valence electrons. The normalized spacial score (nSPS) is 12.4. The number of hydrogen-bond donors (Lipinski definition) is 0. The number of benzene rings is 8. The van der Waals surface area contributed by atoms with E-state index in [4.69, 9.17) is 9.72 Å². The monoisotopic (exact) mass is 1130 g/mol. The van der Waals surface area contributed by atoms with E-state index in [1.165, 1.54) is 34.4 Å². The number of halogens is 2. The van der Waals surface area contributed by atoms with Gasteiger partial charge in [0.05, 0.1) is 0 Å². The van der Waals surface area contributed by atoms with Gasteiger partial charge in [0.15, 0.2) is 0 Å². The second-order valence-electron chi connectivity index (χ2n) is 19.5. The molecule has 0 saturated carbocycles. The van der Waals surface area contributed by atoms with Crippen molar-refractivity contribution in [1.29, 1.82) is 0 Å². The van der Waals surface area contributed by atoms with E-state index in [1.807, 2.05) is 36.5 Å². The van der Waals surface area contributed by atoms with Crippen LogP contribution in [0.5, 0.6) is 11.5 Å². The van der Waals surface area contributed by atoms with Gasteiger partial charge in [-0.15, -0.1) is 53.6 Å². The maximum absolute atomic E-state index is 15.1. The van der Waals surface area contributed by atoms with Gasteiger partial charge in [0.25, 0.3) is 0 Å². The number of pyridine rings is 1. The molecule has 0 radical (unpaired) electrons. The SMILES string of the molecule is CCc1cccc(CC)c1-c1cc(Oc2[c-]c3c(cc2)c2ccccc2n3-c2cc(C(C)(C)C)ccn2)[c-]c(N2[CH-]N(c3c(-c4cc(C)cc(C)c4)cccc3-c3cc(F)cc(F)c3)c3ccccc32)c1.[Pt]. The summed E-state index contributed by atoms with van der Waals surface area (Å²) in [6.45, 7) is 17.3. The van der Waals surface area contributed by atoms with Crippen LogP contribution >= 0.6 is 0 Å². The molecular weight excluding hydrogens is 1070 g/mol. The summed E-state index contributed by atoms with van der Waals surface area (Å²) in [6, 6.07) is 59.3. The van der Waals surface area contributed by atoms with Crippen molar-refractivity contribution in [2.75, 3.05) is 9.80 Å². The molecule has 0 saturated heterocycles. The first-order chi connectivity index (χ1) is 34.3. The molecule has 8 heteroatoms. The van der Waals surface area contributed by atoms with Gasteiger partial charge < -0.3 is 19.1 Å². The quantitative estimate of drug-likeness (QED) is 0.128. The van der Waals surface area contributed by atoms with Crippen LogP contribution in [0.4, 0.5) is 31.5 Å². The van der Waals surface area contributed by atoms with Gasteiger partial charge in [0.1, 0.15) is 17.5 Å². The van der Waals surface area contributed by atoms with Crippen LogP contribution in [-0.2, 0) is 39.3 Å². The Morgan fingerprint density at radius 1 is 0.597 bits per heavy atom. The van der Waals surface area contributed by atoms with Crippen molar-refractivity contribution in [2.45, 2.75) is 66.7 Å². The van der Waals surface area contributed by atoms with Crippen LogP contribution in [-0.4, -0.2) is 9.55 Å². The van der Waals surface area contributed by atoms with Crippen molar-refractivity contribution in [3.8, 4) is 50.7 Å². The van der Waals surface area contributed by atoms with Gasteiger partial charge in [-0.1, -0.05) is 136 Å². The smallest absolute Gasteiger partial charge is 0.135 e. The molecule has 0 unspecified atom stereocenters. The maximum atomic E-state index is 15.1. The van der Waals surface area contributed by atoms with Crippen LogP contribution in [0, 0.1) is 44.3 Å². The zero-order valence-electron chi connectivity index (χ0n) is 41.3. The van der Waals surface area contributed by atoms with Gasteiger partial charge in [-0.05, 0) is 113 Å². The summed E-state index contributed by atoms with van der Waals surface area (Å²) in [7, 11) is 0. The minimum Gasteiger partial charge on any atom is -0.509 e. The van der Waals surface area contributed by atoms with Crippen molar-refractivity contribution >= 4 is 44.6 Å². The van der Waals surface area contributed by atoms with Crippen LogP contribution in [0.2, 0.25) is 0 Å². The van der Waals surface area contributed by atoms with Crippen molar-refractivity contribution in [2.24, 2.45) is 0 Å². The number of para-hydroxylation sites is 4. The first-order valence-corrected chi connectivity index (χ1v) is 24.3. The van der Waals surface area contributed by atoms with Crippen LogP contribution in [0.3, 0.4) is 0 Å². The van der Waals surface area contributed by atoms with Crippen LogP contribution in [0.15, 0.2) is 164 Å². The molecule has 1 aliphatic rings. The Morgan fingerprint density at radius 2 is 1.24 bits per heavy atom. The number of nitrogens with zero attached hydrogens (tertiary/aromatic N) is 4. The van der Waals surface area contributed by atoms with Gasteiger partial charge in [-0.25, -0.2) is 13.8 Å². The predicted molar refractivity (Wildman–Crippen MR) is 287 cm³/mol. The first-order valence-electron chi connectivity index (χ1n) is 24.3. The summed E-state index contributed by atoms with van der Waals surface area (Å²) < 4.78 is 39.4. The number of anilines is 4. The molecule has 0 fully saturated rings. The molecule has 11 rings (SSSR count). The summed E-state index contributed by atoms with van der Waals surface area (Å²) in [5.74, 6) is 0.588. The van der Waals surface area contributed by atoms with E-state index in [0.29, 0.717) is 22.6 Å². The van der Waals surface area contributed by atoms with Gasteiger partial charge in [-0.3, -0.25) is 0 Å². The third-order valence-electron chi connectivity index (χ3n) is 13.6. The summed E-state index contributed by atoms with van der Waals surface area (Å²) in [5, 5.41) is 2.15. The van der Waals surface area contributed by atoms with E-state index >= 15 is 8.78 Å². The van der Waals surface area contributed by atoms with E-state index in [9.17, 15) is 0 Å². The summed E-state index contributed by atoms with van der Waals surface area (Å²) in [6.07, 6.45) is 3.58. The molecule has 1 aliphatic heterocycles. The Morgan fingerprint density at radius 3 is 1.92 bits per heavy atom. The fraction of sp³-hybridized carbons (Fsp3) is 0.156. The van der Waals surface area contributed by atoms with Crippen LogP contribution in [0.1, 0.15) is 62.4 Å². The van der Waals surface area contributed by atoms with Crippen LogP contribution < -0.4 is 14.5 Å². The van der Waals surface area contributed by atoms with E-state index in [-0.39, 0.29) is 26.5 Å². The maximum Gasteiger partial charge on any atom is 0.135 e. The van der Waals surface area contributed by atoms with E-state index in [2.05, 4.69) is 191 Å². The van der Waals surface area contributed by atoms with Gasteiger partial charge >= 0.3 is 0 Å². The molecule has 0 bridgehead atoms.